The van der Waals surface area contributed by atoms with Gasteiger partial charge in [-0.25, -0.2) is 4.39 Å². The van der Waals surface area contributed by atoms with E-state index in [4.69, 9.17) is 0 Å². The number of nitriles is 1. The molecule has 0 amide bonds. The second-order valence-corrected chi connectivity index (χ2v) is 5.37. The van der Waals surface area contributed by atoms with Crippen molar-refractivity contribution in [2.75, 3.05) is 24.5 Å². The van der Waals surface area contributed by atoms with E-state index in [0.29, 0.717) is 11.6 Å². The Bertz CT molecular complexity index is 475. The first-order valence-electron chi connectivity index (χ1n) is 7.42. The maximum atomic E-state index is 13.3. The van der Waals surface area contributed by atoms with Crippen LogP contribution in [0.2, 0.25) is 0 Å². The summed E-state index contributed by atoms with van der Waals surface area (Å²) >= 11 is 0. The van der Waals surface area contributed by atoms with Crippen LogP contribution in [0.3, 0.4) is 0 Å². The van der Waals surface area contributed by atoms with Crippen molar-refractivity contribution in [1.29, 1.82) is 5.26 Å². The summed E-state index contributed by atoms with van der Waals surface area (Å²) < 4.78 is 13.3. The molecule has 1 aromatic carbocycles. The van der Waals surface area contributed by atoms with E-state index in [9.17, 15) is 9.65 Å². The van der Waals surface area contributed by atoms with Gasteiger partial charge in [-0.3, -0.25) is 0 Å². The Labute approximate surface area is 120 Å². The minimum atomic E-state index is -0.350. The van der Waals surface area contributed by atoms with E-state index in [2.05, 4.69) is 23.2 Å². The van der Waals surface area contributed by atoms with Gasteiger partial charge in [0.25, 0.3) is 0 Å². The molecule has 0 bridgehead atoms. The standard InChI is InChI=1S/C16H22FN3/c1-2-9-20(12-15-5-3-4-8-19-15)16-7-6-14(17)10-13(16)11-18/h6-7,10,15,19H,2-5,8-9,12H2,1H3. The molecule has 0 aromatic heterocycles. The van der Waals surface area contributed by atoms with E-state index < -0.39 is 0 Å². The Hall–Kier alpha value is -1.60. The lowest BCUT2D eigenvalue weighted by atomic mass is 10.0. The zero-order chi connectivity index (χ0) is 14.4. The van der Waals surface area contributed by atoms with Crippen molar-refractivity contribution in [2.24, 2.45) is 0 Å². The molecular formula is C16H22FN3. The number of halogens is 1. The summed E-state index contributed by atoms with van der Waals surface area (Å²) in [6.07, 6.45) is 4.68. The molecule has 1 saturated heterocycles. The minimum Gasteiger partial charge on any atom is -0.369 e. The van der Waals surface area contributed by atoms with Crippen LogP contribution < -0.4 is 10.2 Å². The highest BCUT2D eigenvalue weighted by molar-refractivity contribution is 5.59. The van der Waals surface area contributed by atoms with Crippen molar-refractivity contribution in [1.82, 2.24) is 5.32 Å². The maximum Gasteiger partial charge on any atom is 0.124 e. The molecule has 0 aliphatic carbocycles. The summed E-state index contributed by atoms with van der Waals surface area (Å²) in [7, 11) is 0. The van der Waals surface area contributed by atoms with E-state index in [1.165, 1.54) is 31.4 Å². The highest BCUT2D eigenvalue weighted by atomic mass is 19.1. The Balaban J connectivity index is 2.17. The zero-order valence-electron chi connectivity index (χ0n) is 12.0. The van der Waals surface area contributed by atoms with Crippen LogP contribution in [0.4, 0.5) is 10.1 Å². The smallest absolute Gasteiger partial charge is 0.124 e. The predicted molar refractivity (Wildman–Crippen MR) is 79.3 cm³/mol. The molecule has 1 aromatic rings. The molecule has 1 atom stereocenters. The first-order valence-corrected chi connectivity index (χ1v) is 7.42. The van der Waals surface area contributed by atoms with E-state index in [1.807, 2.05) is 0 Å². The molecule has 1 N–H and O–H groups in total. The highest BCUT2D eigenvalue weighted by Gasteiger charge is 2.18. The average molecular weight is 275 g/mol. The predicted octanol–water partition coefficient (Wildman–Crippen LogP) is 3.06. The van der Waals surface area contributed by atoms with Gasteiger partial charge in [-0.15, -0.1) is 0 Å². The second kappa shape index (κ2) is 7.25. The first kappa shape index (κ1) is 14.8. The highest BCUT2D eigenvalue weighted by Crippen LogP contribution is 2.22. The van der Waals surface area contributed by atoms with Gasteiger partial charge in [0.15, 0.2) is 0 Å². The number of nitrogens with zero attached hydrogens (tertiary/aromatic N) is 2. The third-order valence-corrected chi connectivity index (χ3v) is 3.77. The number of piperidine rings is 1. The molecule has 1 unspecified atom stereocenters. The van der Waals surface area contributed by atoms with Crippen molar-refractivity contribution >= 4 is 5.69 Å². The molecule has 108 valence electrons. The van der Waals surface area contributed by atoms with Crippen LogP contribution >= 0.6 is 0 Å². The van der Waals surface area contributed by atoms with Crippen LogP contribution in [0, 0.1) is 17.1 Å². The molecule has 1 heterocycles. The van der Waals surface area contributed by atoms with Crippen LogP contribution in [-0.2, 0) is 0 Å². The summed E-state index contributed by atoms with van der Waals surface area (Å²) in [5.41, 5.74) is 1.28. The van der Waals surface area contributed by atoms with E-state index >= 15 is 0 Å². The fraction of sp³-hybridized carbons (Fsp3) is 0.562. The quantitative estimate of drug-likeness (QED) is 0.897. The van der Waals surface area contributed by atoms with Crippen molar-refractivity contribution in [3.63, 3.8) is 0 Å². The Morgan fingerprint density at radius 1 is 1.45 bits per heavy atom. The van der Waals surface area contributed by atoms with Crippen LogP contribution in [0.25, 0.3) is 0 Å². The van der Waals surface area contributed by atoms with Gasteiger partial charge in [0.2, 0.25) is 0 Å². The molecule has 3 nitrogen and oxygen atoms in total. The summed E-state index contributed by atoms with van der Waals surface area (Å²) in [6.45, 7) is 4.96. The average Bonchev–Trinajstić information content (AvgIpc) is 2.48. The number of anilines is 1. The lowest BCUT2D eigenvalue weighted by Crippen LogP contribution is -2.44. The normalized spacial score (nSPS) is 18.6. The SMILES string of the molecule is CCCN(CC1CCCCN1)c1ccc(F)cc1C#N. The van der Waals surface area contributed by atoms with Gasteiger partial charge < -0.3 is 10.2 Å². The van der Waals surface area contributed by atoms with E-state index in [0.717, 1.165) is 31.7 Å². The Morgan fingerprint density at radius 3 is 2.95 bits per heavy atom. The summed E-state index contributed by atoms with van der Waals surface area (Å²) in [6, 6.07) is 7.07. The van der Waals surface area contributed by atoms with Crippen molar-refractivity contribution in [3.8, 4) is 6.07 Å². The minimum absolute atomic E-state index is 0.350. The van der Waals surface area contributed by atoms with Crippen LogP contribution in [0.5, 0.6) is 0 Å². The van der Waals surface area contributed by atoms with Gasteiger partial charge in [-0.1, -0.05) is 13.3 Å². The number of hydrogen-bond acceptors (Lipinski definition) is 3. The van der Waals surface area contributed by atoms with E-state index in [1.54, 1.807) is 6.07 Å². The fourth-order valence-electron chi connectivity index (χ4n) is 2.80. The first-order chi connectivity index (χ1) is 9.74. The topological polar surface area (TPSA) is 39.1 Å². The van der Waals surface area contributed by atoms with Gasteiger partial charge >= 0.3 is 0 Å². The molecule has 4 heteroatoms. The third kappa shape index (κ3) is 3.71. The molecule has 0 radical (unpaired) electrons. The monoisotopic (exact) mass is 275 g/mol. The van der Waals surface area contributed by atoms with Crippen molar-refractivity contribution in [2.45, 2.75) is 38.6 Å². The zero-order valence-corrected chi connectivity index (χ0v) is 12.0. The van der Waals surface area contributed by atoms with Crippen molar-refractivity contribution < 1.29 is 4.39 Å². The molecule has 1 aliphatic heterocycles. The molecular weight excluding hydrogens is 253 g/mol. The van der Waals surface area contributed by atoms with Gasteiger partial charge in [-0.2, -0.15) is 5.26 Å². The molecule has 1 aliphatic rings. The summed E-state index contributed by atoms with van der Waals surface area (Å²) in [5, 5.41) is 12.7. The van der Waals surface area contributed by atoms with Crippen LogP contribution in [0.1, 0.15) is 38.2 Å². The summed E-state index contributed by atoms with van der Waals surface area (Å²) in [5.74, 6) is -0.350. The molecule has 2 rings (SSSR count). The Morgan fingerprint density at radius 2 is 2.30 bits per heavy atom. The largest absolute Gasteiger partial charge is 0.369 e. The number of hydrogen-bond donors (Lipinski definition) is 1. The molecule has 1 fully saturated rings. The van der Waals surface area contributed by atoms with Crippen molar-refractivity contribution in [3.05, 3.63) is 29.6 Å². The van der Waals surface area contributed by atoms with Gasteiger partial charge in [-0.05, 0) is 44.0 Å². The van der Waals surface area contributed by atoms with Crippen LogP contribution in [0.15, 0.2) is 18.2 Å². The van der Waals surface area contributed by atoms with Gasteiger partial charge in [0.05, 0.1) is 11.3 Å². The summed E-state index contributed by atoms with van der Waals surface area (Å²) in [4.78, 5) is 2.21. The number of nitrogens with one attached hydrogen (secondary N) is 1. The number of benzene rings is 1. The fourth-order valence-corrected chi connectivity index (χ4v) is 2.80. The lowest BCUT2D eigenvalue weighted by Gasteiger charge is -2.32. The Kier molecular flexibility index (Phi) is 5.37. The maximum absolute atomic E-state index is 13.3. The number of rotatable bonds is 5. The second-order valence-electron chi connectivity index (χ2n) is 5.37. The lowest BCUT2D eigenvalue weighted by molar-refractivity contribution is 0.399. The van der Waals surface area contributed by atoms with E-state index in [-0.39, 0.29) is 5.82 Å². The van der Waals surface area contributed by atoms with Gasteiger partial charge in [0.1, 0.15) is 11.9 Å². The van der Waals surface area contributed by atoms with Gasteiger partial charge in [0, 0.05) is 19.1 Å². The van der Waals surface area contributed by atoms with Crippen LogP contribution in [-0.4, -0.2) is 25.7 Å². The molecule has 0 spiro atoms. The third-order valence-electron chi connectivity index (χ3n) is 3.77. The molecule has 0 saturated carbocycles. The molecule has 20 heavy (non-hydrogen) atoms.